The van der Waals surface area contributed by atoms with Crippen LogP contribution >= 0.6 is 0 Å². The van der Waals surface area contributed by atoms with Crippen molar-refractivity contribution in [2.75, 3.05) is 0 Å². The summed E-state index contributed by atoms with van der Waals surface area (Å²) in [5.41, 5.74) is 9.62. The normalized spacial score (nSPS) is 10.2. The average molecular weight is 698 g/mol. The number of hydrogen-bond acceptors (Lipinski definition) is 4. The molecule has 40 heavy (non-hydrogen) atoms. The molecule has 0 bridgehead atoms. The Balaban J connectivity index is 0.000000181. The molecule has 1 radical (unpaired) electrons. The largest absolute Gasteiger partial charge is 0.507 e. The predicted molar refractivity (Wildman–Crippen MR) is 157 cm³/mol. The van der Waals surface area contributed by atoms with Gasteiger partial charge in [-0.3, -0.25) is 15.0 Å². The predicted octanol–water partition coefficient (Wildman–Crippen LogP) is 8.15. The van der Waals surface area contributed by atoms with E-state index in [9.17, 15) is 5.11 Å². The maximum Gasteiger partial charge on any atom is 0.124 e. The third-order valence-electron chi connectivity index (χ3n) is 6.23. The molecule has 3 aromatic carbocycles. The zero-order valence-electron chi connectivity index (χ0n) is 22.2. The van der Waals surface area contributed by atoms with E-state index in [2.05, 4.69) is 47.0 Å². The standard InChI is InChI=1S/C18H15N2.C17H12NO.Ir/c1-13-11-14(2)16(18-8-4-6-10-20-18)12-15(13)17-7-3-5-9-19-17;19-17-12-5-4-9-14(17)16-11-6-10-15(18-16)13-7-2-1-3-8-13;/h3-11H,1-2H3;1-7,9-12,19H;/q2*-1;. The van der Waals surface area contributed by atoms with Gasteiger partial charge in [-0.2, -0.15) is 0 Å². The van der Waals surface area contributed by atoms with Crippen molar-refractivity contribution in [2.45, 2.75) is 13.8 Å². The number of pyridine rings is 3. The monoisotopic (exact) mass is 698 g/mol. The van der Waals surface area contributed by atoms with Crippen molar-refractivity contribution in [2.24, 2.45) is 0 Å². The second-order valence-electron chi connectivity index (χ2n) is 9.02. The van der Waals surface area contributed by atoms with Crippen LogP contribution in [0.4, 0.5) is 0 Å². The molecule has 3 heterocycles. The molecule has 199 valence electrons. The summed E-state index contributed by atoms with van der Waals surface area (Å²) in [5, 5.41) is 9.88. The van der Waals surface area contributed by atoms with Crippen molar-refractivity contribution in [1.29, 1.82) is 0 Å². The van der Waals surface area contributed by atoms with E-state index in [1.165, 1.54) is 11.1 Å². The van der Waals surface area contributed by atoms with Crippen molar-refractivity contribution in [1.82, 2.24) is 15.0 Å². The van der Waals surface area contributed by atoms with Gasteiger partial charge >= 0.3 is 0 Å². The molecule has 3 aromatic heterocycles. The summed E-state index contributed by atoms with van der Waals surface area (Å²) in [4.78, 5) is 13.4. The van der Waals surface area contributed by atoms with Crippen molar-refractivity contribution in [3.8, 4) is 50.8 Å². The van der Waals surface area contributed by atoms with Gasteiger partial charge in [0.25, 0.3) is 0 Å². The van der Waals surface area contributed by atoms with E-state index in [-0.39, 0.29) is 25.9 Å². The number of nitrogens with zero attached hydrogens (tertiary/aromatic N) is 3. The molecule has 0 unspecified atom stereocenters. The average Bonchev–Trinajstić information content (AvgIpc) is 2.99. The molecule has 6 rings (SSSR count). The van der Waals surface area contributed by atoms with E-state index < -0.39 is 0 Å². The number of rotatable bonds is 4. The molecule has 0 spiro atoms. The molecule has 0 aliphatic heterocycles. The van der Waals surface area contributed by atoms with Gasteiger partial charge < -0.3 is 5.11 Å². The van der Waals surface area contributed by atoms with Crippen molar-refractivity contribution < 1.29 is 25.2 Å². The first-order valence-electron chi connectivity index (χ1n) is 12.7. The molecule has 0 saturated heterocycles. The van der Waals surface area contributed by atoms with E-state index in [0.29, 0.717) is 0 Å². The molecule has 0 atom stereocenters. The minimum atomic E-state index is 0. The minimum Gasteiger partial charge on any atom is -0.507 e. The summed E-state index contributed by atoms with van der Waals surface area (Å²) in [5.74, 6) is 0.240. The van der Waals surface area contributed by atoms with Crippen molar-refractivity contribution in [3.63, 3.8) is 0 Å². The summed E-state index contributed by atoms with van der Waals surface area (Å²) >= 11 is 0. The Bertz CT molecular complexity index is 1610. The summed E-state index contributed by atoms with van der Waals surface area (Å²) in [6, 6.07) is 41.4. The van der Waals surface area contributed by atoms with E-state index in [1.807, 2.05) is 103 Å². The molecule has 0 amide bonds. The number of phenolic OH excluding ortho intramolecular Hbond substituents is 1. The SMILES string of the molecule is Cc1cc(C)c(-c2ccccn2)[c-]c1-c1ccccn1.Oc1ccccc1-c1cccc(-c2[c-]cccc2)n1.[Ir]. The molecule has 5 heteroatoms. The molecule has 6 aromatic rings. The third-order valence-corrected chi connectivity index (χ3v) is 6.23. The molecule has 4 nitrogen and oxygen atoms in total. The molecule has 0 aliphatic rings. The zero-order valence-corrected chi connectivity index (χ0v) is 24.6. The van der Waals surface area contributed by atoms with Crippen LogP contribution in [-0.2, 0) is 20.1 Å². The van der Waals surface area contributed by atoms with Crippen LogP contribution in [0, 0.1) is 26.0 Å². The smallest absolute Gasteiger partial charge is 0.124 e. The topological polar surface area (TPSA) is 58.9 Å². The van der Waals surface area contributed by atoms with E-state index in [1.54, 1.807) is 12.1 Å². The zero-order chi connectivity index (χ0) is 27.0. The molecular weight excluding hydrogens is 671 g/mol. The van der Waals surface area contributed by atoms with Gasteiger partial charge in [0, 0.05) is 49.5 Å². The molecule has 0 aliphatic carbocycles. The Morgan fingerprint density at radius 1 is 0.600 bits per heavy atom. The third kappa shape index (κ3) is 6.76. The van der Waals surface area contributed by atoms with Gasteiger partial charge in [0.15, 0.2) is 0 Å². The van der Waals surface area contributed by atoms with E-state index in [4.69, 9.17) is 0 Å². The van der Waals surface area contributed by atoms with Gasteiger partial charge in [0.1, 0.15) is 5.75 Å². The summed E-state index contributed by atoms with van der Waals surface area (Å²) in [7, 11) is 0. The second-order valence-corrected chi connectivity index (χ2v) is 9.02. The van der Waals surface area contributed by atoms with Crippen LogP contribution in [0.2, 0.25) is 0 Å². The fraction of sp³-hybridized carbons (Fsp3) is 0.0571. The number of aryl methyl sites for hydroxylation is 2. The molecular formula is C35H27IrN3O-2. The van der Waals surface area contributed by atoms with Gasteiger partial charge in [0.2, 0.25) is 0 Å². The maximum atomic E-state index is 9.88. The minimum absolute atomic E-state index is 0. The number of para-hydroxylation sites is 1. The van der Waals surface area contributed by atoms with E-state index in [0.717, 1.165) is 45.0 Å². The summed E-state index contributed by atoms with van der Waals surface area (Å²) in [6.45, 7) is 4.19. The van der Waals surface area contributed by atoms with E-state index >= 15 is 0 Å². The number of phenols is 1. The first kappa shape index (κ1) is 28.6. The first-order chi connectivity index (χ1) is 19.1. The van der Waals surface area contributed by atoms with Gasteiger partial charge in [0.05, 0.1) is 5.69 Å². The fourth-order valence-corrected chi connectivity index (χ4v) is 4.32. The number of aromatic nitrogens is 3. The number of hydrogen-bond donors (Lipinski definition) is 1. The second kappa shape index (κ2) is 13.6. The molecule has 1 N–H and O–H groups in total. The van der Waals surface area contributed by atoms with Crippen LogP contribution in [0.25, 0.3) is 45.0 Å². The molecule has 0 fully saturated rings. The number of benzene rings is 3. The fourth-order valence-electron chi connectivity index (χ4n) is 4.32. The summed E-state index contributed by atoms with van der Waals surface area (Å²) < 4.78 is 0. The first-order valence-corrected chi connectivity index (χ1v) is 12.7. The Morgan fingerprint density at radius 3 is 1.75 bits per heavy atom. The Labute approximate surface area is 248 Å². The quantitative estimate of drug-likeness (QED) is 0.189. The van der Waals surface area contributed by atoms with Gasteiger partial charge in [-0.15, -0.1) is 59.2 Å². The Hall–Kier alpha value is -4.44. The van der Waals surface area contributed by atoms with Gasteiger partial charge in [-0.25, -0.2) is 0 Å². The summed E-state index contributed by atoms with van der Waals surface area (Å²) in [6.07, 6.45) is 3.62. The number of aromatic hydroxyl groups is 1. The van der Waals surface area contributed by atoms with Crippen LogP contribution < -0.4 is 0 Å². The Kier molecular flexibility index (Phi) is 9.69. The van der Waals surface area contributed by atoms with Crippen LogP contribution in [0.3, 0.4) is 0 Å². The van der Waals surface area contributed by atoms with Crippen LogP contribution in [0.5, 0.6) is 5.75 Å². The van der Waals surface area contributed by atoms with Crippen molar-refractivity contribution in [3.05, 3.63) is 145 Å². The van der Waals surface area contributed by atoms with Crippen LogP contribution in [0.1, 0.15) is 11.1 Å². The van der Waals surface area contributed by atoms with Crippen LogP contribution in [0.15, 0.2) is 122 Å². The molecule has 0 saturated carbocycles. The van der Waals surface area contributed by atoms with Crippen LogP contribution in [-0.4, -0.2) is 20.1 Å². The Morgan fingerprint density at radius 2 is 1.18 bits per heavy atom. The van der Waals surface area contributed by atoms with Gasteiger partial charge in [-0.05, 0) is 36.0 Å². The van der Waals surface area contributed by atoms with Crippen molar-refractivity contribution >= 4 is 0 Å². The maximum absolute atomic E-state index is 9.88. The van der Waals surface area contributed by atoms with Gasteiger partial charge in [-0.1, -0.05) is 73.5 Å².